The number of rotatable bonds is 6. The van der Waals surface area contributed by atoms with E-state index in [1.54, 1.807) is 62.0 Å². The van der Waals surface area contributed by atoms with Gasteiger partial charge in [0, 0.05) is 24.5 Å². The Bertz CT molecular complexity index is 1150. The molecule has 0 spiro atoms. The van der Waals surface area contributed by atoms with Crippen LogP contribution >= 0.6 is 0 Å². The Morgan fingerprint density at radius 1 is 1.09 bits per heavy atom. The summed E-state index contributed by atoms with van der Waals surface area (Å²) in [7, 11) is 1.55. The van der Waals surface area contributed by atoms with E-state index in [2.05, 4.69) is 4.98 Å². The van der Waals surface area contributed by atoms with Gasteiger partial charge in [-0.2, -0.15) is 0 Å². The predicted molar refractivity (Wildman–Crippen MR) is 119 cm³/mol. The highest BCUT2D eigenvalue weighted by Crippen LogP contribution is 2.29. The number of anilines is 1. The number of imide groups is 1. The first-order valence-electron chi connectivity index (χ1n) is 10.3. The van der Waals surface area contributed by atoms with Crippen molar-refractivity contribution in [2.24, 2.45) is 0 Å². The minimum absolute atomic E-state index is 0.0806. The standard InChI is InChI=1S/C25H23N3O4/c1-17-6-3-4-8-21(17)24(30)27(16-18-7-5-13-26-15-18)22-14-23(29)28(25(22)31)19-9-11-20(32-2)12-10-19/h3-13,15,22H,14,16H2,1-2H3. The lowest BCUT2D eigenvalue weighted by molar-refractivity contribution is -0.122. The van der Waals surface area contributed by atoms with Gasteiger partial charge in [0.2, 0.25) is 5.91 Å². The molecule has 1 unspecified atom stereocenters. The van der Waals surface area contributed by atoms with Crippen LogP contribution in [0.4, 0.5) is 5.69 Å². The van der Waals surface area contributed by atoms with Crippen molar-refractivity contribution in [2.45, 2.75) is 25.9 Å². The number of ether oxygens (including phenoxy) is 1. The molecule has 1 aliphatic rings. The third-order valence-corrected chi connectivity index (χ3v) is 5.54. The maximum atomic E-state index is 13.5. The molecule has 1 aromatic heterocycles. The average molecular weight is 429 g/mol. The second-order valence-electron chi connectivity index (χ2n) is 7.59. The number of carbonyl (C=O) groups is 3. The van der Waals surface area contributed by atoms with Gasteiger partial charge in [0.25, 0.3) is 11.8 Å². The Morgan fingerprint density at radius 2 is 1.84 bits per heavy atom. The first-order chi connectivity index (χ1) is 15.5. The minimum atomic E-state index is -0.906. The van der Waals surface area contributed by atoms with Crippen LogP contribution in [0.15, 0.2) is 73.1 Å². The van der Waals surface area contributed by atoms with Gasteiger partial charge in [-0.15, -0.1) is 0 Å². The summed E-state index contributed by atoms with van der Waals surface area (Å²) in [5.74, 6) is -0.447. The summed E-state index contributed by atoms with van der Waals surface area (Å²) in [4.78, 5) is 46.5. The van der Waals surface area contributed by atoms with Gasteiger partial charge in [-0.25, -0.2) is 4.90 Å². The van der Waals surface area contributed by atoms with Gasteiger partial charge in [0.05, 0.1) is 19.2 Å². The van der Waals surface area contributed by atoms with Gasteiger partial charge in [-0.05, 0) is 54.4 Å². The lowest BCUT2D eigenvalue weighted by atomic mass is 10.1. The quantitative estimate of drug-likeness (QED) is 0.562. The smallest absolute Gasteiger partial charge is 0.257 e. The van der Waals surface area contributed by atoms with E-state index < -0.39 is 11.9 Å². The first-order valence-corrected chi connectivity index (χ1v) is 10.3. The van der Waals surface area contributed by atoms with E-state index in [1.165, 1.54) is 4.90 Å². The number of benzene rings is 2. The van der Waals surface area contributed by atoms with Crippen molar-refractivity contribution >= 4 is 23.4 Å². The first kappa shape index (κ1) is 21.2. The molecule has 2 heterocycles. The number of carbonyl (C=O) groups excluding carboxylic acids is 3. The molecule has 1 atom stereocenters. The minimum Gasteiger partial charge on any atom is -0.497 e. The maximum Gasteiger partial charge on any atom is 0.257 e. The molecule has 7 heteroatoms. The lowest BCUT2D eigenvalue weighted by Gasteiger charge is -2.28. The summed E-state index contributed by atoms with van der Waals surface area (Å²) in [6.45, 7) is 2.02. The van der Waals surface area contributed by atoms with Crippen molar-refractivity contribution in [1.82, 2.24) is 9.88 Å². The highest BCUT2D eigenvalue weighted by Gasteiger charge is 2.44. The largest absolute Gasteiger partial charge is 0.497 e. The summed E-state index contributed by atoms with van der Waals surface area (Å²) in [6, 6.07) is 16.6. The van der Waals surface area contributed by atoms with Crippen molar-refractivity contribution in [2.75, 3.05) is 12.0 Å². The number of aryl methyl sites for hydroxylation is 1. The number of methoxy groups -OCH3 is 1. The van der Waals surface area contributed by atoms with Crippen molar-refractivity contribution in [3.63, 3.8) is 0 Å². The zero-order valence-electron chi connectivity index (χ0n) is 17.9. The maximum absolute atomic E-state index is 13.5. The van der Waals surface area contributed by atoms with Crippen LogP contribution in [0.25, 0.3) is 0 Å². The van der Waals surface area contributed by atoms with Gasteiger partial charge in [0.15, 0.2) is 0 Å². The van der Waals surface area contributed by atoms with Crippen LogP contribution in [-0.4, -0.2) is 40.8 Å². The summed E-state index contributed by atoms with van der Waals surface area (Å²) >= 11 is 0. The summed E-state index contributed by atoms with van der Waals surface area (Å²) in [5.41, 5.74) is 2.53. The molecular weight excluding hydrogens is 406 g/mol. The van der Waals surface area contributed by atoms with E-state index in [-0.39, 0.29) is 24.8 Å². The zero-order valence-corrected chi connectivity index (χ0v) is 17.9. The topological polar surface area (TPSA) is 79.8 Å². The van der Waals surface area contributed by atoms with Crippen LogP contribution in [0.2, 0.25) is 0 Å². The molecule has 2 aromatic carbocycles. The molecule has 0 aliphatic carbocycles. The Balaban J connectivity index is 1.68. The second kappa shape index (κ2) is 9.01. The number of hydrogen-bond donors (Lipinski definition) is 0. The number of amides is 3. The van der Waals surface area contributed by atoms with E-state index in [1.807, 2.05) is 25.1 Å². The molecule has 32 heavy (non-hydrogen) atoms. The lowest BCUT2D eigenvalue weighted by Crippen LogP contribution is -2.45. The molecule has 7 nitrogen and oxygen atoms in total. The molecule has 3 amide bonds. The summed E-state index contributed by atoms with van der Waals surface area (Å²) < 4.78 is 5.16. The molecule has 4 rings (SSSR count). The van der Waals surface area contributed by atoms with Gasteiger partial charge in [0.1, 0.15) is 11.8 Å². The highest BCUT2D eigenvalue weighted by atomic mass is 16.5. The Hall–Kier alpha value is -4.00. The van der Waals surface area contributed by atoms with Crippen LogP contribution in [0.1, 0.15) is 27.9 Å². The van der Waals surface area contributed by atoms with Crippen molar-refractivity contribution in [3.8, 4) is 5.75 Å². The summed E-state index contributed by atoms with van der Waals surface area (Å²) in [6.07, 6.45) is 3.22. The number of pyridine rings is 1. The molecule has 0 saturated carbocycles. The average Bonchev–Trinajstić information content (AvgIpc) is 3.11. The third kappa shape index (κ3) is 4.09. The molecule has 1 aliphatic heterocycles. The SMILES string of the molecule is COc1ccc(N2C(=O)CC(N(Cc3cccnc3)C(=O)c3ccccc3C)C2=O)cc1. The van der Waals surface area contributed by atoms with Crippen LogP contribution in [0, 0.1) is 6.92 Å². The Morgan fingerprint density at radius 3 is 2.50 bits per heavy atom. The normalized spacial score (nSPS) is 15.7. The monoisotopic (exact) mass is 429 g/mol. The van der Waals surface area contributed by atoms with Gasteiger partial charge >= 0.3 is 0 Å². The van der Waals surface area contributed by atoms with E-state index >= 15 is 0 Å². The van der Waals surface area contributed by atoms with E-state index in [0.717, 1.165) is 16.0 Å². The molecule has 0 bridgehead atoms. The number of hydrogen-bond acceptors (Lipinski definition) is 5. The van der Waals surface area contributed by atoms with Crippen LogP contribution in [0.5, 0.6) is 5.75 Å². The van der Waals surface area contributed by atoms with Crippen molar-refractivity contribution < 1.29 is 19.1 Å². The van der Waals surface area contributed by atoms with Gasteiger partial charge in [-0.3, -0.25) is 19.4 Å². The summed E-state index contributed by atoms with van der Waals surface area (Å²) in [5, 5.41) is 0. The molecule has 3 aromatic rings. The van der Waals surface area contributed by atoms with E-state index in [4.69, 9.17) is 4.74 Å². The third-order valence-electron chi connectivity index (χ3n) is 5.54. The molecule has 0 radical (unpaired) electrons. The van der Waals surface area contributed by atoms with Crippen LogP contribution in [0.3, 0.4) is 0 Å². The zero-order chi connectivity index (χ0) is 22.7. The second-order valence-corrected chi connectivity index (χ2v) is 7.59. The van der Waals surface area contributed by atoms with Crippen molar-refractivity contribution in [3.05, 3.63) is 89.7 Å². The number of nitrogens with zero attached hydrogens (tertiary/aromatic N) is 3. The van der Waals surface area contributed by atoms with E-state index in [9.17, 15) is 14.4 Å². The van der Waals surface area contributed by atoms with Crippen LogP contribution in [-0.2, 0) is 16.1 Å². The Kier molecular flexibility index (Phi) is 5.98. The predicted octanol–water partition coefficient (Wildman–Crippen LogP) is 3.37. The van der Waals surface area contributed by atoms with Crippen LogP contribution < -0.4 is 9.64 Å². The molecule has 1 fully saturated rings. The van der Waals surface area contributed by atoms with E-state index in [0.29, 0.717) is 17.0 Å². The van der Waals surface area contributed by atoms with Crippen molar-refractivity contribution in [1.29, 1.82) is 0 Å². The fourth-order valence-electron chi connectivity index (χ4n) is 3.84. The molecule has 1 saturated heterocycles. The molecular formula is C25H23N3O4. The fourth-order valence-corrected chi connectivity index (χ4v) is 3.84. The molecule has 0 N–H and O–H groups in total. The Labute approximate surface area is 186 Å². The van der Waals surface area contributed by atoms with Gasteiger partial charge in [-0.1, -0.05) is 24.3 Å². The highest BCUT2D eigenvalue weighted by molar-refractivity contribution is 6.23. The molecule has 162 valence electrons. The van der Waals surface area contributed by atoms with Gasteiger partial charge < -0.3 is 9.64 Å². The fraction of sp³-hybridized carbons (Fsp3) is 0.200. The number of aromatic nitrogens is 1.